The molecule has 0 unspecified atom stereocenters. The fraction of sp³-hybridized carbons (Fsp3) is 0.571. The van der Waals surface area contributed by atoms with E-state index in [2.05, 4.69) is 36.5 Å². The van der Waals surface area contributed by atoms with E-state index in [4.69, 9.17) is 4.74 Å². The van der Waals surface area contributed by atoms with Crippen LogP contribution in [-0.2, 0) is 11.2 Å². The first-order valence-corrected chi connectivity index (χ1v) is 6.23. The second kappa shape index (κ2) is 6.02. The zero-order chi connectivity index (χ0) is 11.2. The van der Waals surface area contributed by atoms with Crippen LogP contribution in [0.5, 0.6) is 0 Å². The largest absolute Gasteiger partial charge is 0.378 e. The van der Waals surface area contributed by atoms with Crippen LogP contribution in [0, 0.1) is 6.92 Å². The summed E-state index contributed by atoms with van der Waals surface area (Å²) >= 11 is 0. The first kappa shape index (κ1) is 11.6. The maximum absolute atomic E-state index is 5.90. The van der Waals surface area contributed by atoms with Gasteiger partial charge in [0.05, 0.1) is 12.7 Å². The van der Waals surface area contributed by atoms with Gasteiger partial charge in [-0.2, -0.15) is 0 Å². The summed E-state index contributed by atoms with van der Waals surface area (Å²) in [5.74, 6) is 0. The summed E-state index contributed by atoms with van der Waals surface area (Å²) in [6.07, 6.45) is 3.84. The molecular weight excluding hydrogens is 198 g/mol. The van der Waals surface area contributed by atoms with Crippen LogP contribution in [0.2, 0.25) is 0 Å². The van der Waals surface area contributed by atoms with Gasteiger partial charge in [-0.25, -0.2) is 0 Å². The van der Waals surface area contributed by atoms with Gasteiger partial charge in [0.25, 0.3) is 0 Å². The Kier molecular flexibility index (Phi) is 4.37. The molecule has 0 spiro atoms. The minimum absolute atomic E-state index is 0.477. The smallest absolute Gasteiger partial charge is 0.0599 e. The average Bonchev–Trinajstić information content (AvgIpc) is 2.33. The molecule has 1 aliphatic heterocycles. The number of nitrogens with one attached hydrogen (secondary N) is 1. The van der Waals surface area contributed by atoms with Crippen molar-refractivity contribution in [2.24, 2.45) is 0 Å². The number of hydrogen-bond acceptors (Lipinski definition) is 2. The maximum Gasteiger partial charge on any atom is 0.0599 e. The summed E-state index contributed by atoms with van der Waals surface area (Å²) in [7, 11) is 0. The molecule has 0 aliphatic carbocycles. The molecule has 1 aromatic carbocycles. The van der Waals surface area contributed by atoms with E-state index in [1.807, 2.05) is 0 Å². The van der Waals surface area contributed by atoms with E-state index in [-0.39, 0.29) is 0 Å². The Morgan fingerprint density at radius 1 is 1.25 bits per heavy atom. The Bertz CT molecular complexity index is 318. The molecule has 2 nitrogen and oxygen atoms in total. The van der Waals surface area contributed by atoms with Gasteiger partial charge in [-0.15, -0.1) is 0 Å². The lowest BCUT2D eigenvalue weighted by Crippen LogP contribution is -2.32. The quantitative estimate of drug-likeness (QED) is 0.839. The van der Waals surface area contributed by atoms with Crippen molar-refractivity contribution in [3.63, 3.8) is 0 Å². The standard InChI is InChI=1S/C14H21NO/c1-12-4-2-3-5-13(12)8-11-16-14-6-9-15-10-7-14/h2-5,14-15H,6-11H2,1H3. The van der Waals surface area contributed by atoms with E-state index in [0.29, 0.717) is 6.10 Å². The van der Waals surface area contributed by atoms with Gasteiger partial charge in [0.2, 0.25) is 0 Å². The van der Waals surface area contributed by atoms with E-state index < -0.39 is 0 Å². The summed E-state index contributed by atoms with van der Waals surface area (Å²) in [4.78, 5) is 0. The average molecular weight is 219 g/mol. The normalized spacial score (nSPS) is 17.6. The molecule has 1 heterocycles. The Morgan fingerprint density at radius 2 is 2.00 bits per heavy atom. The van der Waals surface area contributed by atoms with Gasteiger partial charge < -0.3 is 10.1 Å². The lowest BCUT2D eigenvalue weighted by atomic mass is 10.1. The number of benzene rings is 1. The van der Waals surface area contributed by atoms with E-state index >= 15 is 0 Å². The third-order valence-corrected chi connectivity index (χ3v) is 3.27. The van der Waals surface area contributed by atoms with Crippen molar-refractivity contribution < 1.29 is 4.74 Å². The number of rotatable bonds is 4. The molecule has 1 fully saturated rings. The molecule has 1 aromatic rings. The second-order valence-electron chi connectivity index (χ2n) is 4.50. The van der Waals surface area contributed by atoms with Gasteiger partial charge in [0.1, 0.15) is 0 Å². The molecule has 2 heteroatoms. The van der Waals surface area contributed by atoms with Gasteiger partial charge in [-0.05, 0) is 50.4 Å². The molecule has 0 bridgehead atoms. The van der Waals surface area contributed by atoms with Crippen LogP contribution in [0.3, 0.4) is 0 Å². The van der Waals surface area contributed by atoms with Crippen LogP contribution in [0.25, 0.3) is 0 Å². The fourth-order valence-electron chi connectivity index (χ4n) is 2.19. The van der Waals surface area contributed by atoms with E-state index in [1.165, 1.54) is 11.1 Å². The lowest BCUT2D eigenvalue weighted by Gasteiger charge is -2.23. The van der Waals surface area contributed by atoms with Crippen molar-refractivity contribution in [1.29, 1.82) is 0 Å². The Labute approximate surface area is 98.0 Å². The van der Waals surface area contributed by atoms with Gasteiger partial charge in [-0.1, -0.05) is 24.3 Å². The molecule has 0 atom stereocenters. The van der Waals surface area contributed by atoms with Gasteiger partial charge >= 0.3 is 0 Å². The highest BCUT2D eigenvalue weighted by Gasteiger charge is 2.12. The summed E-state index contributed by atoms with van der Waals surface area (Å²) in [5, 5.41) is 3.35. The predicted octanol–water partition coefficient (Wildman–Crippen LogP) is 2.31. The predicted molar refractivity (Wildman–Crippen MR) is 66.7 cm³/mol. The molecule has 0 amide bonds. The highest BCUT2D eigenvalue weighted by molar-refractivity contribution is 5.25. The molecule has 1 saturated heterocycles. The first-order valence-electron chi connectivity index (χ1n) is 6.23. The van der Waals surface area contributed by atoms with Crippen molar-refractivity contribution >= 4 is 0 Å². The van der Waals surface area contributed by atoms with Crippen molar-refractivity contribution in [3.8, 4) is 0 Å². The molecule has 1 N–H and O–H groups in total. The van der Waals surface area contributed by atoms with E-state index in [1.54, 1.807) is 0 Å². The van der Waals surface area contributed by atoms with Crippen molar-refractivity contribution in [1.82, 2.24) is 5.32 Å². The monoisotopic (exact) mass is 219 g/mol. The van der Waals surface area contributed by atoms with Crippen LogP contribution in [0.1, 0.15) is 24.0 Å². The molecule has 88 valence electrons. The fourth-order valence-corrected chi connectivity index (χ4v) is 2.19. The third-order valence-electron chi connectivity index (χ3n) is 3.27. The van der Waals surface area contributed by atoms with Crippen molar-refractivity contribution in [2.45, 2.75) is 32.3 Å². The lowest BCUT2D eigenvalue weighted by molar-refractivity contribution is 0.0348. The van der Waals surface area contributed by atoms with Crippen molar-refractivity contribution in [2.75, 3.05) is 19.7 Å². The number of aryl methyl sites for hydroxylation is 1. The molecular formula is C14H21NO. The first-order chi connectivity index (χ1) is 7.86. The Morgan fingerprint density at radius 3 is 2.75 bits per heavy atom. The number of piperidine rings is 1. The third kappa shape index (κ3) is 3.32. The molecule has 16 heavy (non-hydrogen) atoms. The molecule has 0 saturated carbocycles. The molecule has 1 aliphatic rings. The topological polar surface area (TPSA) is 21.3 Å². The van der Waals surface area contributed by atoms with Crippen LogP contribution >= 0.6 is 0 Å². The van der Waals surface area contributed by atoms with Gasteiger partial charge in [0.15, 0.2) is 0 Å². The minimum atomic E-state index is 0.477. The van der Waals surface area contributed by atoms with Crippen LogP contribution in [0.15, 0.2) is 24.3 Å². The van der Waals surface area contributed by atoms with Gasteiger partial charge in [0, 0.05) is 0 Å². The summed E-state index contributed by atoms with van der Waals surface area (Å²) in [6.45, 7) is 5.24. The SMILES string of the molecule is Cc1ccccc1CCOC1CCNCC1. The maximum atomic E-state index is 5.90. The summed E-state index contributed by atoms with van der Waals surface area (Å²) in [5.41, 5.74) is 2.79. The summed E-state index contributed by atoms with van der Waals surface area (Å²) in [6, 6.07) is 8.56. The highest BCUT2D eigenvalue weighted by Crippen LogP contribution is 2.11. The molecule has 2 rings (SSSR count). The zero-order valence-electron chi connectivity index (χ0n) is 10.0. The van der Waals surface area contributed by atoms with Crippen LogP contribution in [-0.4, -0.2) is 25.8 Å². The minimum Gasteiger partial charge on any atom is -0.378 e. The Balaban J connectivity index is 1.73. The van der Waals surface area contributed by atoms with Crippen molar-refractivity contribution in [3.05, 3.63) is 35.4 Å². The van der Waals surface area contributed by atoms with E-state index in [0.717, 1.165) is 39.0 Å². The van der Waals surface area contributed by atoms with E-state index in [9.17, 15) is 0 Å². The second-order valence-corrected chi connectivity index (χ2v) is 4.50. The number of ether oxygens (including phenoxy) is 1. The van der Waals surface area contributed by atoms with Gasteiger partial charge in [-0.3, -0.25) is 0 Å². The van der Waals surface area contributed by atoms with Crippen LogP contribution in [0.4, 0.5) is 0 Å². The molecule has 0 aromatic heterocycles. The number of hydrogen-bond donors (Lipinski definition) is 1. The Hall–Kier alpha value is -0.860. The zero-order valence-corrected chi connectivity index (χ0v) is 10.0. The molecule has 0 radical (unpaired) electrons. The highest BCUT2D eigenvalue weighted by atomic mass is 16.5. The summed E-state index contributed by atoms with van der Waals surface area (Å²) < 4.78 is 5.90. The van der Waals surface area contributed by atoms with Crippen LogP contribution < -0.4 is 5.32 Å².